The van der Waals surface area contributed by atoms with Gasteiger partial charge in [0.2, 0.25) is 0 Å². The lowest BCUT2D eigenvalue weighted by Gasteiger charge is -2.38. The number of carbonyl (C=O) groups is 2. The van der Waals surface area contributed by atoms with E-state index in [1.807, 2.05) is 0 Å². The third kappa shape index (κ3) is 6.56. The second-order valence-corrected chi connectivity index (χ2v) is 6.58. The van der Waals surface area contributed by atoms with Crippen molar-refractivity contribution in [2.45, 2.75) is 46.1 Å². The van der Waals surface area contributed by atoms with Crippen LogP contribution in [0.25, 0.3) is 0 Å². The molecule has 0 spiro atoms. The molecule has 122 valence electrons. The molecule has 1 aromatic heterocycles. The molecule has 0 aliphatic heterocycles. The molecule has 0 radical (unpaired) electrons. The summed E-state index contributed by atoms with van der Waals surface area (Å²) in [5.74, 6) is 0.360. The number of aromatic nitrogens is 1. The SMILES string of the molecule is C[C@@H]1C[C@@H](OC(=O)c2cccnc2)CC(C)(C)C1.NC(N)=O. The minimum Gasteiger partial charge on any atom is -0.459 e. The molecule has 1 saturated carbocycles. The first kappa shape index (κ1) is 17.9. The zero-order chi connectivity index (χ0) is 16.8. The number of esters is 1. The highest BCUT2D eigenvalue weighted by atomic mass is 16.5. The van der Waals surface area contributed by atoms with Gasteiger partial charge in [-0.15, -0.1) is 0 Å². The number of carbonyl (C=O) groups excluding carboxylic acids is 2. The maximum atomic E-state index is 12.0. The van der Waals surface area contributed by atoms with E-state index in [0.29, 0.717) is 11.5 Å². The lowest BCUT2D eigenvalue weighted by atomic mass is 9.71. The fraction of sp³-hybridized carbons (Fsp3) is 0.562. The zero-order valence-corrected chi connectivity index (χ0v) is 13.4. The van der Waals surface area contributed by atoms with Crippen molar-refractivity contribution in [1.29, 1.82) is 0 Å². The van der Waals surface area contributed by atoms with Gasteiger partial charge in [-0.3, -0.25) is 4.98 Å². The molecule has 2 atom stereocenters. The Morgan fingerprint density at radius 1 is 1.32 bits per heavy atom. The van der Waals surface area contributed by atoms with Crippen LogP contribution in [0.4, 0.5) is 4.79 Å². The van der Waals surface area contributed by atoms with Crippen LogP contribution in [0.5, 0.6) is 0 Å². The van der Waals surface area contributed by atoms with E-state index in [2.05, 4.69) is 37.2 Å². The first-order valence-electron chi connectivity index (χ1n) is 7.35. The molecule has 6 nitrogen and oxygen atoms in total. The first-order chi connectivity index (χ1) is 10.2. The number of nitrogens with zero attached hydrogens (tertiary/aromatic N) is 1. The van der Waals surface area contributed by atoms with Gasteiger partial charge in [-0.2, -0.15) is 0 Å². The van der Waals surface area contributed by atoms with Gasteiger partial charge >= 0.3 is 12.0 Å². The summed E-state index contributed by atoms with van der Waals surface area (Å²) in [6, 6.07) is 2.66. The Balaban J connectivity index is 0.000000541. The minimum atomic E-state index is -0.833. The number of amides is 2. The van der Waals surface area contributed by atoms with E-state index in [4.69, 9.17) is 9.53 Å². The molecular formula is C16H25N3O3. The van der Waals surface area contributed by atoms with Gasteiger partial charge < -0.3 is 16.2 Å². The number of hydrogen-bond donors (Lipinski definition) is 2. The van der Waals surface area contributed by atoms with E-state index in [0.717, 1.165) is 12.8 Å². The summed E-state index contributed by atoms with van der Waals surface area (Å²) in [6.07, 6.45) is 6.37. The van der Waals surface area contributed by atoms with Crippen molar-refractivity contribution in [3.8, 4) is 0 Å². The molecule has 1 aliphatic rings. The van der Waals surface area contributed by atoms with Crippen LogP contribution in [0.15, 0.2) is 24.5 Å². The van der Waals surface area contributed by atoms with Gasteiger partial charge in [-0.1, -0.05) is 20.8 Å². The van der Waals surface area contributed by atoms with Crippen molar-refractivity contribution in [3.63, 3.8) is 0 Å². The van der Waals surface area contributed by atoms with Gasteiger partial charge in [-0.25, -0.2) is 9.59 Å². The Kier molecular flexibility index (Phi) is 6.34. The Morgan fingerprint density at radius 2 is 1.95 bits per heavy atom. The highest BCUT2D eigenvalue weighted by molar-refractivity contribution is 5.89. The summed E-state index contributed by atoms with van der Waals surface area (Å²) < 4.78 is 5.60. The maximum Gasteiger partial charge on any atom is 0.339 e. The Bertz CT molecular complexity index is 499. The van der Waals surface area contributed by atoms with E-state index in [1.165, 1.54) is 6.42 Å². The van der Waals surface area contributed by atoms with E-state index in [-0.39, 0.29) is 17.5 Å². The van der Waals surface area contributed by atoms with Crippen molar-refractivity contribution in [3.05, 3.63) is 30.1 Å². The average molecular weight is 307 g/mol. The molecule has 0 aromatic carbocycles. The van der Waals surface area contributed by atoms with Crippen molar-refractivity contribution >= 4 is 12.0 Å². The lowest BCUT2D eigenvalue weighted by molar-refractivity contribution is -0.00718. The topological polar surface area (TPSA) is 108 Å². The van der Waals surface area contributed by atoms with Gasteiger partial charge in [0.15, 0.2) is 0 Å². The van der Waals surface area contributed by atoms with Crippen molar-refractivity contribution in [1.82, 2.24) is 4.98 Å². The van der Waals surface area contributed by atoms with Crippen molar-refractivity contribution in [2.75, 3.05) is 0 Å². The standard InChI is InChI=1S/C15H21NO2.CH4N2O/c1-11-7-13(9-15(2,3)8-11)18-14(17)12-5-4-6-16-10-12;2-1(3)4/h4-6,10-11,13H,7-9H2,1-3H3;(H4,2,3,4)/t11-,13-;/m1./s1. The van der Waals surface area contributed by atoms with Crippen LogP contribution < -0.4 is 11.5 Å². The Hall–Kier alpha value is -2.11. The Morgan fingerprint density at radius 3 is 2.45 bits per heavy atom. The fourth-order valence-corrected chi connectivity index (χ4v) is 3.05. The average Bonchev–Trinajstić information content (AvgIpc) is 2.36. The Labute approximate surface area is 131 Å². The van der Waals surface area contributed by atoms with E-state index in [1.54, 1.807) is 24.5 Å². The molecular weight excluding hydrogens is 282 g/mol. The number of hydrogen-bond acceptors (Lipinski definition) is 4. The summed E-state index contributed by atoms with van der Waals surface area (Å²) in [4.78, 5) is 24.9. The second kappa shape index (κ2) is 7.77. The fourth-order valence-electron chi connectivity index (χ4n) is 3.05. The molecule has 22 heavy (non-hydrogen) atoms. The molecule has 1 aliphatic carbocycles. The molecule has 0 bridgehead atoms. The van der Waals surface area contributed by atoms with E-state index >= 15 is 0 Å². The van der Waals surface area contributed by atoms with Crippen LogP contribution in [0.3, 0.4) is 0 Å². The van der Waals surface area contributed by atoms with Crippen molar-refractivity contribution in [2.24, 2.45) is 22.8 Å². The number of primary amides is 2. The first-order valence-corrected chi connectivity index (χ1v) is 7.35. The molecule has 1 aromatic rings. The summed E-state index contributed by atoms with van der Waals surface area (Å²) in [6.45, 7) is 6.72. The number of rotatable bonds is 2. The van der Waals surface area contributed by atoms with Gasteiger partial charge in [-0.05, 0) is 42.7 Å². The van der Waals surface area contributed by atoms with Crippen LogP contribution in [-0.4, -0.2) is 23.1 Å². The highest BCUT2D eigenvalue weighted by Gasteiger charge is 2.34. The van der Waals surface area contributed by atoms with Crippen LogP contribution >= 0.6 is 0 Å². The number of nitrogens with two attached hydrogens (primary N) is 2. The van der Waals surface area contributed by atoms with Crippen LogP contribution in [0.2, 0.25) is 0 Å². The predicted octanol–water partition coefficient (Wildman–Crippen LogP) is 2.48. The monoisotopic (exact) mass is 307 g/mol. The van der Waals surface area contributed by atoms with Gasteiger partial charge in [0.25, 0.3) is 0 Å². The summed E-state index contributed by atoms with van der Waals surface area (Å²) in [7, 11) is 0. The van der Waals surface area contributed by atoms with E-state index < -0.39 is 6.03 Å². The highest BCUT2D eigenvalue weighted by Crippen LogP contribution is 2.39. The number of urea groups is 1. The number of pyridine rings is 1. The third-order valence-electron chi connectivity index (χ3n) is 3.52. The molecule has 1 heterocycles. The van der Waals surface area contributed by atoms with Crippen molar-refractivity contribution < 1.29 is 14.3 Å². The maximum absolute atomic E-state index is 12.0. The summed E-state index contributed by atoms with van der Waals surface area (Å²) >= 11 is 0. The van der Waals surface area contributed by atoms with Gasteiger partial charge in [0.05, 0.1) is 5.56 Å². The summed E-state index contributed by atoms with van der Waals surface area (Å²) in [5, 5.41) is 0. The molecule has 0 unspecified atom stereocenters. The largest absolute Gasteiger partial charge is 0.459 e. The van der Waals surface area contributed by atoms with E-state index in [9.17, 15) is 4.79 Å². The predicted molar refractivity (Wildman–Crippen MR) is 84.0 cm³/mol. The molecule has 4 N–H and O–H groups in total. The lowest BCUT2D eigenvalue weighted by Crippen LogP contribution is -2.34. The molecule has 6 heteroatoms. The van der Waals surface area contributed by atoms with Crippen LogP contribution in [0.1, 0.15) is 50.4 Å². The summed E-state index contributed by atoms with van der Waals surface area (Å²) in [5.41, 5.74) is 9.30. The number of ether oxygens (including phenoxy) is 1. The third-order valence-corrected chi connectivity index (χ3v) is 3.52. The van der Waals surface area contributed by atoms with Gasteiger partial charge in [0.1, 0.15) is 6.10 Å². The zero-order valence-electron chi connectivity index (χ0n) is 13.4. The molecule has 1 fully saturated rings. The quantitative estimate of drug-likeness (QED) is 0.818. The van der Waals surface area contributed by atoms with Crippen LogP contribution in [0, 0.1) is 11.3 Å². The molecule has 2 amide bonds. The smallest absolute Gasteiger partial charge is 0.339 e. The minimum absolute atomic E-state index is 0.0384. The molecule has 2 rings (SSSR count). The van der Waals surface area contributed by atoms with Crippen LogP contribution in [-0.2, 0) is 4.74 Å². The van der Waals surface area contributed by atoms with Gasteiger partial charge in [0, 0.05) is 12.4 Å². The second-order valence-electron chi connectivity index (χ2n) is 6.58. The molecule has 0 saturated heterocycles. The normalized spacial score (nSPS) is 22.9.